The summed E-state index contributed by atoms with van der Waals surface area (Å²) >= 11 is 6.48. The Kier molecular flexibility index (Phi) is 9.61. The molecule has 2 unspecified atom stereocenters. The molecule has 0 saturated carbocycles. The van der Waals surface area contributed by atoms with E-state index in [1.807, 2.05) is 42.5 Å². The lowest BCUT2D eigenvalue weighted by molar-refractivity contribution is -0.138. The second kappa shape index (κ2) is 13.3. The highest BCUT2D eigenvalue weighted by atomic mass is 32.2. The molecule has 2 aliphatic rings. The van der Waals surface area contributed by atoms with Crippen molar-refractivity contribution in [2.24, 2.45) is 0 Å². The van der Waals surface area contributed by atoms with Crippen LogP contribution in [0.1, 0.15) is 36.8 Å². The van der Waals surface area contributed by atoms with Crippen LogP contribution in [0.5, 0.6) is 5.75 Å². The van der Waals surface area contributed by atoms with Crippen LogP contribution in [-0.2, 0) is 30.3 Å². The molecule has 2 aromatic rings. The summed E-state index contributed by atoms with van der Waals surface area (Å²) < 4.78 is 17.3. The summed E-state index contributed by atoms with van der Waals surface area (Å²) in [6, 6.07) is 16.4. The molecule has 0 radical (unpaired) electrons. The van der Waals surface area contributed by atoms with Crippen LogP contribution >= 0.6 is 24.0 Å². The summed E-state index contributed by atoms with van der Waals surface area (Å²) in [7, 11) is 0. The van der Waals surface area contributed by atoms with Crippen molar-refractivity contribution in [3.05, 3.63) is 82.7 Å². The molecular formula is C28H27NO8S2. The predicted molar refractivity (Wildman–Crippen MR) is 149 cm³/mol. The van der Waals surface area contributed by atoms with E-state index in [9.17, 15) is 19.5 Å². The van der Waals surface area contributed by atoms with Gasteiger partial charge in [-0.1, -0.05) is 66.4 Å². The number of thioether (sulfide) groups is 1. The lowest BCUT2D eigenvalue weighted by Gasteiger charge is -2.25. The van der Waals surface area contributed by atoms with Gasteiger partial charge in [0.2, 0.25) is 6.79 Å². The van der Waals surface area contributed by atoms with Crippen LogP contribution < -0.4 is 4.74 Å². The number of carboxylic acids is 2. The number of carboxylic acid groups (broad SMARTS) is 2. The number of ether oxygens (including phenoxy) is 3. The van der Waals surface area contributed by atoms with Crippen LogP contribution in [0, 0.1) is 0 Å². The van der Waals surface area contributed by atoms with Gasteiger partial charge in [0.05, 0.1) is 11.3 Å². The molecule has 1 saturated heterocycles. The van der Waals surface area contributed by atoms with Crippen molar-refractivity contribution in [3.63, 3.8) is 0 Å². The first-order valence-corrected chi connectivity index (χ1v) is 13.5. The fourth-order valence-corrected chi connectivity index (χ4v) is 5.62. The average Bonchev–Trinajstić information content (AvgIpc) is 3.53. The SMILES string of the molecule is O=C(O)CCCC(CC(=O)O)N1C(=O)C(=Cc2ccc(OC(Cc3ccccc3)C3=COCO3)cc2)SC1=S. The van der Waals surface area contributed by atoms with Gasteiger partial charge in [0.15, 0.2) is 11.9 Å². The van der Waals surface area contributed by atoms with Gasteiger partial charge in [-0.2, -0.15) is 0 Å². The molecule has 39 heavy (non-hydrogen) atoms. The van der Waals surface area contributed by atoms with E-state index < -0.39 is 18.0 Å². The van der Waals surface area contributed by atoms with E-state index in [1.165, 1.54) is 4.90 Å². The second-order valence-electron chi connectivity index (χ2n) is 8.90. The van der Waals surface area contributed by atoms with E-state index >= 15 is 0 Å². The Labute approximate surface area is 235 Å². The number of amides is 1. The fraction of sp³-hybridized carbons (Fsp3) is 0.286. The molecule has 204 valence electrons. The Morgan fingerprint density at radius 1 is 1.10 bits per heavy atom. The van der Waals surface area contributed by atoms with E-state index in [-0.39, 0.29) is 48.8 Å². The first-order valence-electron chi connectivity index (χ1n) is 12.3. The molecule has 11 heteroatoms. The number of carbonyl (C=O) groups is 3. The molecule has 4 rings (SSSR count). The number of hydrogen-bond acceptors (Lipinski definition) is 8. The van der Waals surface area contributed by atoms with E-state index in [1.54, 1.807) is 24.5 Å². The number of carbonyl (C=O) groups excluding carboxylic acids is 1. The third-order valence-corrected chi connectivity index (χ3v) is 7.39. The maximum atomic E-state index is 13.2. The molecule has 0 bridgehead atoms. The molecule has 2 N–H and O–H groups in total. The Balaban J connectivity index is 1.45. The zero-order chi connectivity index (χ0) is 27.8. The predicted octanol–water partition coefficient (Wildman–Crippen LogP) is 4.82. The van der Waals surface area contributed by atoms with Gasteiger partial charge in [-0.25, -0.2) is 0 Å². The van der Waals surface area contributed by atoms with E-state index in [0.717, 1.165) is 22.9 Å². The first-order chi connectivity index (χ1) is 18.8. The number of benzene rings is 2. The largest absolute Gasteiger partial charge is 0.482 e. The van der Waals surface area contributed by atoms with Gasteiger partial charge in [-0.15, -0.1) is 0 Å². The summed E-state index contributed by atoms with van der Waals surface area (Å²) in [4.78, 5) is 37.1. The Morgan fingerprint density at radius 2 is 1.85 bits per heavy atom. The highest BCUT2D eigenvalue weighted by Gasteiger charge is 2.37. The number of aliphatic carboxylic acids is 2. The first kappa shape index (κ1) is 28.2. The maximum absolute atomic E-state index is 13.2. The highest BCUT2D eigenvalue weighted by molar-refractivity contribution is 8.26. The molecule has 0 aliphatic carbocycles. The zero-order valence-corrected chi connectivity index (χ0v) is 22.5. The van der Waals surface area contributed by atoms with Gasteiger partial charge in [0, 0.05) is 18.9 Å². The summed E-state index contributed by atoms with van der Waals surface area (Å²) in [5.41, 5.74) is 1.82. The summed E-state index contributed by atoms with van der Waals surface area (Å²) in [5.74, 6) is -1.24. The summed E-state index contributed by atoms with van der Waals surface area (Å²) in [6.07, 6.45) is 3.48. The van der Waals surface area contributed by atoms with Gasteiger partial charge >= 0.3 is 11.9 Å². The van der Waals surface area contributed by atoms with Crippen molar-refractivity contribution in [3.8, 4) is 5.75 Å². The van der Waals surface area contributed by atoms with E-state index in [0.29, 0.717) is 22.8 Å². The lowest BCUT2D eigenvalue weighted by atomic mass is 10.0. The van der Waals surface area contributed by atoms with Crippen LogP contribution in [0.3, 0.4) is 0 Å². The molecular weight excluding hydrogens is 542 g/mol. The van der Waals surface area contributed by atoms with E-state index in [2.05, 4.69) is 0 Å². The maximum Gasteiger partial charge on any atom is 0.305 e. The molecule has 2 aromatic carbocycles. The van der Waals surface area contributed by atoms with Gasteiger partial charge in [-0.3, -0.25) is 19.3 Å². The highest BCUT2D eigenvalue weighted by Crippen LogP contribution is 2.36. The molecule has 1 amide bonds. The number of thiocarbonyl (C=S) groups is 1. The Bertz CT molecular complexity index is 1280. The summed E-state index contributed by atoms with van der Waals surface area (Å²) in [5, 5.41) is 18.2. The standard InChI is InChI=1S/C28H27NO8S2/c30-25(31)8-4-7-20(15-26(32)33)29-27(34)24(39-28(29)38)14-19-9-11-21(12-10-19)37-22(23-16-35-17-36-23)13-18-5-2-1-3-6-18/h1-3,5-6,9-12,14,16,20,22H,4,7-8,13,15,17H2,(H,30,31)(H,32,33). The van der Waals surface area contributed by atoms with Crippen LogP contribution in [0.4, 0.5) is 0 Å². The van der Waals surface area contributed by atoms with Crippen molar-refractivity contribution < 1.29 is 38.8 Å². The smallest absolute Gasteiger partial charge is 0.305 e. The minimum atomic E-state index is -1.08. The fourth-order valence-electron chi connectivity index (χ4n) is 4.22. The third-order valence-electron chi connectivity index (χ3n) is 6.06. The summed E-state index contributed by atoms with van der Waals surface area (Å²) in [6.45, 7) is 0.147. The molecule has 2 aliphatic heterocycles. The van der Waals surface area contributed by atoms with Crippen LogP contribution in [-0.4, -0.2) is 56.2 Å². The topological polar surface area (TPSA) is 123 Å². The second-order valence-corrected chi connectivity index (χ2v) is 10.6. The van der Waals surface area contributed by atoms with Crippen molar-refractivity contribution in [2.45, 2.75) is 44.2 Å². The molecule has 1 fully saturated rings. The average molecular weight is 570 g/mol. The minimum absolute atomic E-state index is 0.113. The molecule has 2 heterocycles. The van der Waals surface area contributed by atoms with Crippen molar-refractivity contribution in [1.82, 2.24) is 4.90 Å². The molecule has 2 atom stereocenters. The molecule has 0 spiro atoms. The van der Waals surface area contributed by atoms with Crippen LogP contribution in [0.25, 0.3) is 6.08 Å². The zero-order valence-electron chi connectivity index (χ0n) is 20.9. The molecule has 0 aromatic heterocycles. The van der Waals surface area contributed by atoms with E-state index in [4.69, 9.17) is 31.5 Å². The quantitative estimate of drug-likeness (QED) is 0.256. The number of rotatable bonds is 13. The minimum Gasteiger partial charge on any atom is -0.482 e. The van der Waals surface area contributed by atoms with Gasteiger partial charge in [0.1, 0.15) is 16.3 Å². The Hall–Kier alpha value is -3.83. The normalized spacial score (nSPS) is 17.4. The van der Waals surface area contributed by atoms with Crippen LogP contribution in [0.15, 0.2) is 71.5 Å². The molecule has 9 nitrogen and oxygen atoms in total. The van der Waals surface area contributed by atoms with Crippen molar-refractivity contribution in [2.75, 3.05) is 6.79 Å². The lowest BCUT2D eigenvalue weighted by Crippen LogP contribution is -2.40. The third kappa shape index (κ3) is 7.84. The monoisotopic (exact) mass is 569 g/mol. The van der Waals surface area contributed by atoms with Gasteiger partial charge in [-0.05, 0) is 42.2 Å². The number of nitrogens with zero attached hydrogens (tertiary/aromatic N) is 1. The van der Waals surface area contributed by atoms with Crippen molar-refractivity contribution >= 4 is 52.2 Å². The van der Waals surface area contributed by atoms with Crippen molar-refractivity contribution in [1.29, 1.82) is 0 Å². The van der Waals surface area contributed by atoms with Gasteiger partial charge < -0.3 is 24.4 Å². The Morgan fingerprint density at radius 3 is 2.49 bits per heavy atom. The van der Waals surface area contributed by atoms with Crippen LogP contribution in [0.2, 0.25) is 0 Å². The van der Waals surface area contributed by atoms with Gasteiger partial charge in [0.25, 0.3) is 5.91 Å². The number of hydrogen-bond donors (Lipinski definition) is 2.